The van der Waals surface area contributed by atoms with E-state index in [0.29, 0.717) is 48.3 Å². The van der Waals surface area contributed by atoms with Crippen LogP contribution in [0.1, 0.15) is 38.3 Å². The predicted molar refractivity (Wildman–Crippen MR) is 124 cm³/mol. The van der Waals surface area contributed by atoms with Crippen LogP contribution in [0.3, 0.4) is 0 Å². The zero-order chi connectivity index (χ0) is 23.2. The summed E-state index contributed by atoms with van der Waals surface area (Å²) in [5.41, 5.74) is 0.632. The summed E-state index contributed by atoms with van der Waals surface area (Å²) in [5, 5.41) is 0.491. The maximum Gasteiger partial charge on any atom is 0.329 e. The predicted octanol–water partition coefficient (Wildman–Crippen LogP) is 2.65. The molecule has 0 unspecified atom stereocenters. The number of fused-ring (bicyclic) bond motifs is 2. The van der Waals surface area contributed by atoms with Gasteiger partial charge >= 0.3 is 5.69 Å². The van der Waals surface area contributed by atoms with Gasteiger partial charge in [-0.25, -0.2) is 4.79 Å². The van der Waals surface area contributed by atoms with Crippen LogP contribution in [0.25, 0.3) is 10.9 Å². The SMILES string of the molecule is CC1(C)Cc2cccc(OCC(=O)N3CCC(n4c(=O)[nH]c5ccccc5c4=O)CC3)c2O1. The van der Waals surface area contributed by atoms with Crippen molar-refractivity contribution < 1.29 is 14.3 Å². The van der Waals surface area contributed by atoms with Gasteiger partial charge in [-0.3, -0.25) is 14.2 Å². The van der Waals surface area contributed by atoms with Crippen molar-refractivity contribution >= 4 is 16.8 Å². The molecule has 1 saturated heterocycles. The molecular formula is C25H27N3O5. The molecule has 0 aliphatic carbocycles. The maximum absolute atomic E-state index is 12.9. The molecule has 0 atom stereocenters. The van der Waals surface area contributed by atoms with E-state index in [0.717, 1.165) is 12.0 Å². The number of nitrogens with zero attached hydrogens (tertiary/aromatic N) is 2. The zero-order valence-electron chi connectivity index (χ0n) is 18.8. The highest BCUT2D eigenvalue weighted by Crippen LogP contribution is 2.41. The molecule has 2 aliphatic heterocycles. The second kappa shape index (κ2) is 8.10. The van der Waals surface area contributed by atoms with Gasteiger partial charge in [-0.2, -0.15) is 0 Å². The Balaban J connectivity index is 1.23. The van der Waals surface area contributed by atoms with E-state index in [1.165, 1.54) is 4.57 Å². The molecule has 33 heavy (non-hydrogen) atoms. The van der Waals surface area contributed by atoms with E-state index in [-0.39, 0.29) is 29.7 Å². The van der Waals surface area contributed by atoms with Crippen molar-refractivity contribution in [3.63, 3.8) is 0 Å². The molecule has 0 bridgehead atoms. The third-order valence-corrected chi connectivity index (χ3v) is 6.43. The standard InChI is InChI=1S/C25H27N3O5/c1-25(2)14-16-6-5-9-20(22(16)33-25)32-15-21(29)27-12-10-17(11-13-27)28-23(30)18-7-3-4-8-19(18)26-24(28)31/h3-9,17H,10-15H2,1-2H3,(H,26,31). The number of aromatic nitrogens is 2. The normalized spacial score (nSPS) is 17.6. The summed E-state index contributed by atoms with van der Waals surface area (Å²) in [4.78, 5) is 42.7. The molecule has 3 heterocycles. The third kappa shape index (κ3) is 4.01. The molecule has 0 spiro atoms. The summed E-state index contributed by atoms with van der Waals surface area (Å²) < 4.78 is 13.1. The van der Waals surface area contributed by atoms with Crippen LogP contribution >= 0.6 is 0 Å². The Bertz CT molecular complexity index is 1330. The molecule has 1 aromatic heterocycles. The first-order valence-corrected chi connectivity index (χ1v) is 11.3. The number of ether oxygens (including phenoxy) is 2. The molecule has 2 aromatic carbocycles. The molecule has 3 aromatic rings. The summed E-state index contributed by atoms with van der Waals surface area (Å²) in [6.07, 6.45) is 1.87. The lowest BCUT2D eigenvalue weighted by Crippen LogP contribution is -2.46. The number of carbonyl (C=O) groups is 1. The quantitative estimate of drug-likeness (QED) is 0.661. The Morgan fingerprint density at radius 1 is 1.12 bits per heavy atom. The minimum absolute atomic E-state index is 0.0819. The number of benzene rings is 2. The monoisotopic (exact) mass is 449 g/mol. The highest BCUT2D eigenvalue weighted by Gasteiger charge is 2.33. The molecule has 0 saturated carbocycles. The molecule has 8 nitrogen and oxygen atoms in total. The first-order chi connectivity index (χ1) is 15.8. The van der Waals surface area contributed by atoms with Crippen molar-refractivity contribution in [2.45, 2.75) is 44.8 Å². The Morgan fingerprint density at radius 2 is 1.88 bits per heavy atom. The fraction of sp³-hybridized carbons (Fsp3) is 0.400. The maximum atomic E-state index is 12.9. The van der Waals surface area contributed by atoms with Crippen LogP contribution < -0.4 is 20.7 Å². The Kier molecular flexibility index (Phi) is 5.23. The number of rotatable bonds is 4. The van der Waals surface area contributed by atoms with Crippen molar-refractivity contribution in [1.29, 1.82) is 0 Å². The van der Waals surface area contributed by atoms with Crippen LogP contribution in [0.4, 0.5) is 0 Å². The zero-order valence-corrected chi connectivity index (χ0v) is 18.8. The fourth-order valence-corrected chi connectivity index (χ4v) is 4.81. The van der Waals surface area contributed by atoms with Crippen LogP contribution in [-0.2, 0) is 11.2 Å². The van der Waals surface area contributed by atoms with E-state index in [9.17, 15) is 14.4 Å². The molecule has 1 fully saturated rings. The molecule has 1 N–H and O–H groups in total. The van der Waals surface area contributed by atoms with E-state index in [1.807, 2.05) is 32.0 Å². The first kappa shape index (κ1) is 21.3. The first-order valence-electron chi connectivity index (χ1n) is 11.3. The second-order valence-corrected chi connectivity index (χ2v) is 9.33. The average molecular weight is 450 g/mol. The summed E-state index contributed by atoms with van der Waals surface area (Å²) in [6, 6.07) is 12.5. The van der Waals surface area contributed by atoms with Crippen LogP contribution in [-0.4, -0.2) is 45.7 Å². The number of amides is 1. The molecule has 172 valence electrons. The van der Waals surface area contributed by atoms with Gasteiger partial charge < -0.3 is 19.4 Å². The van der Waals surface area contributed by atoms with Gasteiger partial charge in [-0.1, -0.05) is 24.3 Å². The molecule has 2 aliphatic rings. The number of carbonyl (C=O) groups excluding carboxylic acids is 1. The van der Waals surface area contributed by atoms with Crippen molar-refractivity contribution in [3.8, 4) is 11.5 Å². The highest BCUT2D eigenvalue weighted by atomic mass is 16.5. The lowest BCUT2D eigenvalue weighted by molar-refractivity contribution is -0.134. The van der Waals surface area contributed by atoms with E-state index in [4.69, 9.17) is 9.47 Å². The number of H-pyrrole nitrogens is 1. The molecule has 5 rings (SSSR count). The Morgan fingerprint density at radius 3 is 2.67 bits per heavy atom. The van der Waals surface area contributed by atoms with E-state index in [1.54, 1.807) is 29.2 Å². The van der Waals surface area contributed by atoms with Gasteiger partial charge in [-0.05, 0) is 44.9 Å². The molecule has 1 amide bonds. The second-order valence-electron chi connectivity index (χ2n) is 9.33. The molecule has 0 radical (unpaired) electrons. The number of piperidine rings is 1. The minimum atomic E-state index is -0.410. The minimum Gasteiger partial charge on any atom is -0.483 e. The largest absolute Gasteiger partial charge is 0.483 e. The van der Waals surface area contributed by atoms with Crippen LogP contribution in [0, 0.1) is 0 Å². The van der Waals surface area contributed by atoms with E-state index < -0.39 is 5.69 Å². The van der Waals surface area contributed by atoms with Crippen molar-refractivity contribution in [3.05, 3.63) is 68.9 Å². The fourth-order valence-electron chi connectivity index (χ4n) is 4.81. The average Bonchev–Trinajstić information content (AvgIpc) is 3.12. The number of likely N-dealkylation sites (tertiary alicyclic amines) is 1. The molecule has 8 heteroatoms. The molecular weight excluding hydrogens is 422 g/mol. The number of hydrogen-bond acceptors (Lipinski definition) is 5. The number of nitrogens with one attached hydrogen (secondary N) is 1. The van der Waals surface area contributed by atoms with E-state index >= 15 is 0 Å². The lowest BCUT2D eigenvalue weighted by atomic mass is 10.0. The van der Waals surface area contributed by atoms with Crippen LogP contribution in [0.2, 0.25) is 0 Å². The summed E-state index contributed by atoms with van der Waals surface area (Å²) in [5.74, 6) is 1.17. The Hall–Kier alpha value is -3.55. The number of hydrogen-bond donors (Lipinski definition) is 1. The van der Waals surface area contributed by atoms with Crippen LogP contribution in [0.5, 0.6) is 11.5 Å². The van der Waals surface area contributed by atoms with Crippen molar-refractivity contribution in [2.24, 2.45) is 0 Å². The summed E-state index contributed by atoms with van der Waals surface area (Å²) >= 11 is 0. The van der Waals surface area contributed by atoms with Gasteiger partial charge in [0.15, 0.2) is 18.1 Å². The van der Waals surface area contributed by atoms with Gasteiger partial charge in [0.2, 0.25) is 0 Å². The van der Waals surface area contributed by atoms with Crippen molar-refractivity contribution in [1.82, 2.24) is 14.5 Å². The van der Waals surface area contributed by atoms with Gasteiger partial charge in [-0.15, -0.1) is 0 Å². The highest BCUT2D eigenvalue weighted by molar-refractivity contribution is 5.78. The van der Waals surface area contributed by atoms with Crippen LogP contribution in [0.15, 0.2) is 52.1 Å². The Labute approximate surface area is 190 Å². The number of aromatic amines is 1. The lowest BCUT2D eigenvalue weighted by Gasteiger charge is -2.32. The van der Waals surface area contributed by atoms with Crippen molar-refractivity contribution in [2.75, 3.05) is 19.7 Å². The van der Waals surface area contributed by atoms with Gasteiger partial charge in [0.05, 0.1) is 10.9 Å². The van der Waals surface area contributed by atoms with Gasteiger partial charge in [0.25, 0.3) is 11.5 Å². The number of para-hydroxylation sites is 2. The van der Waals surface area contributed by atoms with Gasteiger partial charge in [0.1, 0.15) is 5.60 Å². The summed E-state index contributed by atoms with van der Waals surface area (Å²) in [7, 11) is 0. The third-order valence-electron chi connectivity index (χ3n) is 6.43. The summed E-state index contributed by atoms with van der Waals surface area (Å²) in [6.45, 7) is 4.89. The topological polar surface area (TPSA) is 93.6 Å². The smallest absolute Gasteiger partial charge is 0.329 e. The van der Waals surface area contributed by atoms with Gasteiger partial charge in [0, 0.05) is 31.1 Å². The van der Waals surface area contributed by atoms with E-state index in [2.05, 4.69) is 4.98 Å².